The highest BCUT2D eigenvalue weighted by molar-refractivity contribution is 7.57. The van der Waals surface area contributed by atoms with E-state index in [0.29, 0.717) is 6.42 Å². The molecule has 0 N–H and O–H groups in total. The molecular weight excluding hydrogens is 317 g/mol. The van der Waals surface area contributed by atoms with Gasteiger partial charge in [-0.25, -0.2) is 0 Å². The molecule has 0 aromatic carbocycles. The summed E-state index contributed by atoms with van der Waals surface area (Å²) in [4.78, 5) is 4.56. The molecule has 0 saturated carbocycles. The highest BCUT2D eigenvalue weighted by Crippen LogP contribution is 2.58. The molecule has 1 atom stereocenters. The third-order valence-electron chi connectivity index (χ3n) is 2.17. The SMILES string of the molecule is CCC(/N=C/C(C)(C)C)P(=O)(O[Si](C)(C)C)O[Si](C)(C)C. The molecule has 0 amide bonds. The van der Waals surface area contributed by atoms with Gasteiger partial charge < -0.3 is 8.43 Å². The zero-order valence-corrected chi connectivity index (χ0v) is 18.4. The van der Waals surface area contributed by atoms with E-state index in [1.54, 1.807) is 0 Å². The molecule has 0 heterocycles. The minimum Gasteiger partial charge on any atom is -0.350 e. The maximum Gasteiger partial charge on any atom is 0.335 e. The Hall–Kier alpha value is 0.254. The van der Waals surface area contributed by atoms with Gasteiger partial charge >= 0.3 is 7.60 Å². The van der Waals surface area contributed by atoms with Crippen molar-refractivity contribution >= 4 is 30.4 Å². The quantitative estimate of drug-likeness (QED) is 0.334. The second-order valence-electron chi connectivity index (χ2n) is 8.48. The summed E-state index contributed by atoms with van der Waals surface area (Å²) in [6.07, 6.45) is 2.52. The average molecular weight is 352 g/mol. The predicted molar refractivity (Wildman–Crippen MR) is 98.5 cm³/mol. The fraction of sp³-hybridized carbons (Fsp3) is 0.929. The summed E-state index contributed by atoms with van der Waals surface area (Å²) in [5.41, 5.74) is -0.0451. The van der Waals surface area contributed by atoms with Gasteiger partial charge in [-0.3, -0.25) is 9.56 Å². The fourth-order valence-corrected chi connectivity index (χ4v) is 9.87. The smallest absolute Gasteiger partial charge is 0.335 e. The van der Waals surface area contributed by atoms with Crippen LogP contribution >= 0.6 is 7.60 Å². The summed E-state index contributed by atoms with van der Waals surface area (Å²) in [5.74, 6) is -0.407. The molecule has 0 radical (unpaired) electrons. The molecule has 7 heteroatoms. The molecule has 0 saturated heterocycles. The van der Waals surface area contributed by atoms with Crippen LogP contribution in [-0.2, 0) is 13.0 Å². The number of hydrogen-bond acceptors (Lipinski definition) is 4. The van der Waals surface area contributed by atoms with E-state index in [0.717, 1.165) is 0 Å². The lowest BCUT2D eigenvalue weighted by atomic mass is 9.99. The van der Waals surface area contributed by atoms with Crippen LogP contribution in [0.3, 0.4) is 0 Å². The van der Waals surface area contributed by atoms with Crippen molar-refractivity contribution in [2.24, 2.45) is 10.4 Å². The average Bonchev–Trinajstić information content (AvgIpc) is 2.09. The lowest BCUT2D eigenvalue weighted by Gasteiger charge is -2.34. The van der Waals surface area contributed by atoms with Gasteiger partial charge in [-0.1, -0.05) is 27.7 Å². The molecule has 126 valence electrons. The van der Waals surface area contributed by atoms with E-state index in [-0.39, 0.29) is 5.41 Å². The summed E-state index contributed by atoms with van der Waals surface area (Å²) < 4.78 is 25.4. The number of hydrogen-bond donors (Lipinski definition) is 0. The van der Waals surface area contributed by atoms with Gasteiger partial charge in [-0.2, -0.15) is 0 Å². The molecule has 1 unspecified atom stereocenters. The maximum atomic E-state index is 13.4. The predicted octanol–water partition coefficient (Wildman–Crippen LogP) is 5.74. The molecule has 0 aliphatic heterocycles. The monoisotopic (exact) mass is 351 g/mol. The van der Waals surface area contributed by atoms with E-state index < -0.39 is 30.0 Å². The van der Waals surface area contributed by atoms with Crippen LogP contribution < -0.4 is 0 Å². The molecule has 0 aliphatic rings. The van der Waals surface area contributed by atoms with Crippen LogP contribution in [0.15, 0.2) is 4.99 Å². The van der Waals surface area contributed by atoms with Crippen molar-refractivity contribution in [3.63, 3.8) is 0 Å². The Labute approximate surface area is 133 Å². The number of rotatable bonds is 7. The third kappa shape index (κ3) is 9.79. The molecule has 4 nitrogen and oxygen atoms in total. The van der Waals surface area contributed by atoms with Gasteiger partial charge in [-0.15, -0.1) is 0 Å². The van der Waals surface area contributed by atoms with Crippen molar-refractivity contribution in [2.75, 3.05) is 0 Å². The van der Waals surface area contributed by atoms with Gasteiger partial charge in [-0.05, 0) is 51.1 Å². The molecule has 0 aromatic heterocycles. The van der Waals surface area contributed by atoms with Crippen molar-refractivity contribution in [3.8, 4) is 0 Å². The Balaban J connectivity index is 5.54. The van der Waals surface area contributed by atoms with Gasteiger partial charge in [0.05, 0.1) is 0 Å². The molecule has 0 aliphatic carbocycles. The first-order valence-corrected chi connectivity index (χ1v) is 16.1. The molecule has 0 bridgehead atoms. The first-order chi connectivity index (χ1) is 9.08. The van der Waals surface area contributed by atoms with Crippen LogP contribution in [0.2, 0.25) is 39.3 Å². The van der Waals surface area contributed by atoms with Crippen molar-refractivity contribution in [2.45, 2.75) is 79.2 Å². The summed E-state index contributed by atoms with van der Waals surface area (Å²) in [6.45, 7) is 20.4. The topological polar surface area (TPSA) is 47.9 Å². The zero-order chi connectivity index (χ0) is 17.1. The molecule has 0 aromatic rings. The highest BCUT2D eigenvalue weighted by atomic mass is 31.2. The Morgan fingerprint density at radius 3 is 1.67 bits per heavy atom. The Bertz CT molecular complexity index is 386. The first kappa shape index (κ1) is 21.3. The van der Waals surface area contributed by atoms with E-state index in [1.807, 2.05) is 52.4 Å². The lowest BCUT2D eigenvalue weighted by molar-refractivity contribution is 0.367. The Morgan fingerprint density at radius 1 is 1.05 bits per heavy atom. The Kier molecular flexibility index (Phi) is 7.30. The number of aliphatic imine (C=N–C) groups is 1. The van der Waals surface area contributed by atoms with Crippen LogP contribution in [0, 0.1) is 5.41 Å². The first-order valence-electron chi connectivity index (χ1n) is 7.63. The van der Waals surface area contributed by atoms with Gasteiger partial charge in [0.15, 0.2) is 16.6 Å². The van der Waals surface area contributed by atoms with Gasteiger partial charge in [0, 0.05) is 6.21 Å². The van der Waals surface area contributed by atoms with Crippen LogP contribution in [0.1, 0.15) is 34.1 Å². The van der Waals surface area contributed by atoms with Crippen LogP contribution in [-0.4, -0.2) is 28.6 Å². The molecular formula is C14H34NO3PSi2. The molecule has 0 rings (SSSR count). The largest absolute Gasteiger partial charge is 0.350 e. The standard InChI is InChI=1S/C14H34NO3PSi2/c1-11-13(15-12-14(2,3)4)19(16,17-20(5,6)7)18-21(8,9)10/h12-13H,11H2,1-10H3/b15-12+. The van der Waals surface area contributed by atoms with Gasteiger partial charge in [0.1, 0.15) is 5.78 Å². The summed E-state index contributed by atoms with van der Waals surface area (Å²) >= 11 is 0. The van der Waals surface area contributed by atoms with Gasteiger partial charge in [0.2, 0.25) is 0 Å². The van der Waals surface area contributed by atoms with Crippen molar-refractivity contribution in [1.29, 1.82) is 0 Å². The van der Waals surface area contributed by atoms with Crippen molar-refractivity contribution in [1.82, 2.24) is 0 Å². The lowest BCUT2D eigenvalue weighted by Crippen LogP contribution is -2.33. The minimum absolute atomic E-state index is 0.0451. The van der Waals surface area contributed by atoms with Crippen LogP contribution in [0.25, 0.3) is 0 Å². The van der Waals surface area contributed by atoms with Crippen LogP contribution in [0.5, 0.6) is 0 Å². The molecule has 21 heavy (non-hydrogen) atoms. The summed E-state index contributed by atoms with van der Waals surface area (Å²) in [6, 6.07) is 0. The van der Waals surface area contributed by atoms with Gasteiger partial charge in [0.25, 0.3) is 0 Å². The summed E-state index contributed by atoms with van der Waals surface area (Å²) in [5, 5.41) is 0. The molecule has 0 fully saturated rings. The van der Waals surface area contributed by atoms with E-state index in [9.17, 15) is 4.57 Å². The second kappa shape index (κ2) is 7.22. The highest BCUT2D eigenvalue weighted by Gasteiger charge is 2.42. The van der Waals surface area contributed by atoms with Crippen molar-refractivity contribution in [3.05, 3.63) is 0 Å². The zero-order valence-electron chi connectivity index (χ0n) is 15.5. The van der Waals surface area contributed by atoms with E-state index in [1.165, 1.54) is 0 Å². The van der Waals surface area contributed by atoms with E-state index >= 15 is 0 Å². The van der Waals surface area contributed by atoms with E-state index in [2.05, 4.69) is 25.8 Å². The van der Waals surface area contributed by atoms with Crippen molar-refractivity contribution < 1.29 is 13.0 Å². The second-order valence-corrected chi connectivity index (χ2v) is 20.1. The maximum absolute atomic E-state index is 13.4. The van der Waals surface area contributed by atoms with Crippen LogP contribution in [0.4, 0.5) is 0 Å². The molecule has 0 spiro atoms. The normalized spacial score (nSPS) is 16.5. The summed E-state index contributed by atoms with van der Waals surface area (Å²) in [7, 11) is -7.21. The van der Waals surface area contributed by atoms with E-state index in [4.69, 9.17) is 8.43 Å². The number of nitrogens with zero attached hydrogens (tertiary/aromatic N) is 1. The minimum atomic E-state index is -3.23. The third-order valence-corrected chi connectivity index (χ3v) is 9.81. The fourth-order valence-electron chi connectivity index (χ4n) is 1.62. The Morgan fingerprint density at radius 2 is 1.43 bits per heavy atom.